The average Bonchev–Trinajstić information content (AvgIpc) is 2.39. The van der Waals surface area contributed by atoms with Crippen LogP contribution in [0.25, 0.3) is 0 Å². The quantitative estimate of drug-likeness (QED) is 0.378. The van der Waals surface area contributed by atoms with E-state index >= 15 is 0 Å². The normalized spacial score (nSPS) is 9.55. The van der Waals surface area contributed by atoms with Crippen molar-refractivity contribution in [1.29, 1.82) is 0 Å². The van der Waals surface area contributed by atoms with Crippen molar-refractivity contribution in [1.82, 2.24) is 0 Å². The Morgan fingerprint density at radius 1 is 1.20 bits per heavy atom. The van der Waals surface area contributed by atoms with Crippen LogP contribution in [0.1, 0.15) is 13.8 Å². The fraction of sp³-hybridized carbons (Fsp3) is 0.286. The zero-order chi connectivity index (χ0) is 15.0. The maximum atomic E-state index is 11.7. The van der Waals surface area contributed by atoms with Gasteiger partial charge >= 0.3 is 11.9 Å². The van der Waals surface area contributed by atoms with Gasteiger partial charge in [0.1, 0.15) is 0 Å². The predicted molar refractivity (Wildman–Crippen MR) is 76.4 cm³/mol. The standard InChI is InChI=1S/C14H16ClNO4/c1-3-19-13(17)12(14(18)20-4-2)9-16-11-7-5-6-10(15)8-11/h5-9,16H,3-4H2,1-2H3. The van der Waals surface area contributed by atoms with E-state index in [-0.39, 0.29) is 18.8 Å². The fourth-order valence-electron chi connectivity index (χ4n) is 1.35. The van der Waals surface area contributed by atoms with Crippen molar-refractivity contribution >= 4 is 29.2 Å². The van der Waals surface area contributed by atoms with Gasteiger partial charge < -0.3 is 14.8 Å². The minimum Gasteiger partial charge on any atom is -0.462 e. The first-order valence-electron chi connectivity index (χ1n) is 6.15. The number of nitrogens with one attached hydrogen (secondary N) is 1. The fourth-order valence-corrected chi connectivity index (χ4v) is 1.54. The van der Waals surface area contributed by atoms with E-state index in [0.29, 0.717) is 10.7 Å². The van der Waals surface area contributed by atoms with Crippen LogP contribution in [0, 0.1) is 0 Å². The van der Waals surface area contributed by atoms with Crippen LogP contribution < -0.4 is 5.32 Å². The monoisotopic (exact) mass is 297 g/mol. The van der Waals surface area contributed by atoms with Crippen molar-refractivity contribution in [3.8, 4) is 0 Å². The Bertz CT molecular complexity index is 494. The number of halogens is 1. The number of benzene rings is 1. The molecule has 0 fully saturated rings. The van der Waals surface area contributed by atoms with Crippen LogP contribution in [0.3, 0.4) is 0 Å². The number of esters is 2. The van der Waals surface area contributed by atoms with Gasteiger partial charge in [0, 0.05) is 16.9 Å². The molecule has 0 spiro atoms. The molecular weight excluding hydrogens is 282 g/mol. The van der Waals surface area contributed by atoms with Gasteiger partial charge in [0.2, 0.25) is 0 Å². The first-order valence-corrected chi connectivity index (χ1v) is 6.52. The molecule has 1 aromatic carbocycles. The molecule has 20 heavy (non-hydrogen) atoms. The number of carbonyl (C=O) groups is 2. The van der Waals surface area contributed by atoms with E-state index in [2.05, 4.69) is 5.32 Å². The van der Waals surface area contributed by atoms with Crippen molar-refractivity contribution in [2.45, 2.75) is 13.8 Å². The topological polar surface area (TPSA) is 64.6 Å². The summed E-state index contributed by atoms with van der Waals surface area (Å²) in [5.74, 6) is -1.47. The molecule has 108 valence electrons. The molecule has 0 unspecified atom stereocenters. The zero-order valence-electron chi connectivity index (χ0n) is 11.3. The Kier molecular flexibility index (Phi) is 6.59. The average molecular weight is 298 g/mol. The maximum absolute atomic E-state index is 11.7. The molecule has 0 aliphatic heterocycles. The Hall–Kier alpha value is -2.01. The van der Waals surface area contributed by atoms with Crippen LogP contribution in [0.2, 0.25) is 5.02 Å². The summed E-state index contributed by atoms with van der Waals surface area (Å²) in [5.41, 5.74) is 0.442. The summed E-state index contributed by atoms with van der Waals surface area (Å²) in [7, 11) is 0. The Morgan fingerprint density at radius 3 is 2.30 bits per heavy atom. The molecular formula is C14H16ClNO4. The summed E-state index contributed by atoms with van der Waals surface area (Å²) in [6, 6.07) is 6.86. The molecule has 0 aliphatic carbocycles. The van der Waals surface area contributed by atoms with Crippen LogP contribution >= 0.6 is 11.6 Å². The summed E-state index contributed by atoms with van der Waals surface area (Å²) >= 11 is 5.84. The molecule has 0 aromatic heterocycles. The number of carbonyl (C=O) groups excluding carboxylic acids is 2. The molecule has 0 saturated carbocycles. The van der Waals surface area contributed by atoms with Gasteiger partial charge in [-0.05, 0) is 32.0 Å². The van der Waals surface area contributed by atoms with E-state index in [4.69, 9.17) is 21.1 Å². The highest BCUT2D eigenvalue weighted by molar-refractivity contribution is 6.30. The minimum absolute atomic E-state index is 0.173. The Labute approximate surface area is 122 Å². The lowest BCUT2D eigenvalue weighted by Crippen LogP contribution is -2.19. The van der Waals surface area contributed by atoms with Gasteiger partial charge in [-0.2, -0.15) is 0 Å². The van der Waals surface area contributed by atoms with Gasteiger partial charge in [0.25, 0.3) is 0 Å². The van der Waals surface area contributed by atoms with E-state index in [9.17, 15) is 9.59 Å². The molecule has 0 amide bonds. The third-order valence-electron chi connectivity index (χ3n) is 2.20. The van der Waals surface area contributed by atoms with Crippen LogP contribution in [0.4, 0.5) is 5.69 Å². The lowest BCUT2D eigenvalue weighted by molar-refractivity contribution is -0.146. The van der Waals surface area contributed by atoms with Crippen molar-refractivity contribution in [2.75, 3.05) is 18.5 Å². The van der Waals surface area contributed by atoms with E-state index in [1.807, 2.05) is 0 Å². The van der Waals surface area contributed by atoms with Gasteiger partial charge in [0.15, 0.2) is 5.57 Å². The molecule has 0 heterocycles. The molecule has 6 heteroatoms. The molecule has 1 aromatic rings. The lowest BCUT2D eigenvalue weighted by atomic mass is 10.2. The van der Waals surface area contributed by atoms with Gasteiger partial charge in [-0.3, -0.25) is 0 Å². The lowest BCUT2D eigenvalue weighted by Gasteiger charge is -2.07. The van der Waals surface area contributed by atoms with E-state index in [1.54, 1.807) is 38.1 Å². The van der Waals surface area contributed by atoms with E-state index in [0.717, 1.165) is 0 Å². The van der Waals surface area contributed by atoms with Crippen LogP contribution in [-0.2, 0) is 19.1 Å². The number of anilines is 1. The molecule has 0 atom stereocenters. The highest BCUT2D eigenvalue weighted by Crippen LogP contribution is 2.15. The van der Waals surface area contributed by atoms with Crippen molar-refractivity contribution < 1.29 is 19.1 Å². The summed E-state index contributed by atoms with van der Waals surface area (Å²) in [5, 5.41) is 3.36. The molecule has 1 rings (SSSR count). The first-order chi connectivity index (χ1) is 9.58. The van der Waals surface area contributed by atoms with Crippen LogP contribution in [0.5, 0.6) is 0 Å². The number of ether oxygens (including phenoxy) is 2. The summed E-state index contributed by atoms with van der Waals surface area (Å²) in [4.78, 5) is 23.4. The van der Waals surface area contributed by atoms with Gasteiger partial charge in [-0.1, -0.05) is 17.7 Å². The Balaban J connectivity index is 2.89. The SMILES string of the molecule is CCOC(=O)C(=CNc1cccc(Cl)c1)C(=O)OCC. The first kappa shape index (κ1) is 16.0. The predicted octanol–water partition coefficient (Wildman–Crippen LogP) is 2.76. The summed E-state index contributed by atoms with van der Waals surface area (Å²) in [6.45, 7) is 3.66. The second kappa shape index (κ2) is 8.22. The summed E-state index contributed by atoms with van der Waals surface area (Å²) in [6.07, 6.45) is 1.25. The second-order valence-corrected chi connectivity index (χ2v) is 4.09. The van der Waals surface area contributed by atoms with E-state index in [1.165, 1.54) is 6.20 Å². The van der Waals surface area contributed by atoms with Crippen molar-refractivity contribution in [2.24, 2.45) is 0 Å². The van der Waals surface area contributed by atoms with E-state index < -0.39 is 11.9 Å². The molecule has 0 radical (unpaired) electrons. The highest BCUT2D eigenvalue weighted by Gasteiger charge is 2.20. The largest absolute Gasteiger partial charge is 0.462 e. The number of hydrogen-bond acceptors (Lipinski definition) is 5. The number of hydrogen-bond donors (Lipinski definition) is 1. The molecule has 1 N–H and O–H groups in total. The van der Waals surface area contributed by atoms with Gasteiger partial charge in [0.05, 0.1) is 13.2 Å². The van der Waals surface area contributed by atoms with Crippen molar-refractivity contribution in [3.63, 3.8) is 0 Å². The molecule has 0 aliphatic rings. The van der Waals surface area contributed by atoms with Crippen molar-refractivity contribution in [3.05, 3.63) is 41.1 Å². The number of rotatable bonds is 6. The maximum Gasteiger partial charge on any atom is 0.347 e. The third kappa shape index (κ3) is 4.93. The zero-order valence-corrected chi connectivity index (χ0v) is 12.1. The second-order valence-electron chi connectivity index (χ2n) is 3.65. The minimum atomic E-state index is -0.736. The van der Waals surface area contributed by atoms with Crippen LogP contribution in [-0.4, -0.2) is 25.2 Å². The molecule has 0 saturated heterocycles. The summed E-state index contributed by atoms with van der Waals surface area (Å²) < 4.78 is 9.62. The van der Waals surface area contributed by atoms with Gasteiger partial charge in [-0.25, -0.2) is 9.59 Å². The third-order valence-corrected chi connectivity index (χ3v) is 2.43. The molecule has 5 nitrogen and oxygen atoms in total. The molecule has 0 bridgehead atoms. The van der Waals surface area contributed by atoms with Crippen LogP contribution in [0.15, 0.2) is 36.0 Å². The Morgan fingerprint density at radius 2 is 1.80 bits per heavy atom. The highest BCUT2D eigenvalue weighted by atomic mass is 35.5. The van der Waals surface area contributed by atoms with Gasteiger partial charge in [-0.15, -0.1) is 0 Å². The smallest absolute Gasteiger partial charge is 0.347 e.